The zero-order valence-corrected chi connectivity index (χ0v) is 2.86. The summed E-state index contributed by atoms with van der Waals surface area (Å²) in [6, 6.07) is 0. The lowest BCUT2D eigenvalue weighted by Gasteiger charge is -1.53. The third kappa shape index (κ3) is 26500. The summed E-state index contributed by atoms with van der Waals surface area (Å²) in [7, 11) is 0. The highest BCUT2D eigenvalue weighted by Crippen LogP contribution is 1.20. The molecule has 0 aromatic rings. The van der Waals surface area contributed by atoms with Crippen molar-refractivity contribution >= 4 is 8.41 Å². The van der Waals surface area contributed by atoms with E-state index in [1.54, 1.807) is 0 Å². The maximum absolute atomic E-state index is 4.85. The van der Waals surface area contributed by atoms with E-state index in [0.29, 0.717) is 0 Å². The molecule has 0 saturated carbocycles. The Bertz CT molecular complexity index is 6.85. The average Bonchev–Trinajstić information content (AvgIpc) is 0.918. The van der Waals surface area contributed by atoms with Crippen LogP contribution >= 0.6 is 0 Å². The summed E-state index contributed by atoms with van der Waals surface area (Å²) in [4.78, 5) is 0. The first-order valence-electron chi connectivity index (χ1n) is 1.12. The van der Waals surface area contributed by atoms with Crippen LogP contribution in [0.15, 0.2) is 0 Å². The van der Waals surface area contributed by atoms with Crippen molar-refractivity contribution in [3.63, 3.8) is 0 Å². The van der Waals surface area contributed by atoms with Crippen LogP contribution in [0, 0.1) is 0 Å². The maximum atomic E-state index is 4.85. The lowest BCUT2D eigenvalue weighted by atomic mass is 10.8. The van der Waals surface area contributed by atoms with Crippen LogP contribution in [0.1, 0.15) is 14.4 Å². The molecule has 0 heterocycles. The molecule has 0 rings (SSSR count). The van der Waals surface area contributed by atoms with Gasteiger partial charge >= 0.3 is 0 Å². The van der Waals surface area contributed by atoms with Gasteiger partial charge in [0.2, 0.25) is 0 Å². The fourth-order valence-electron chi connectivity index (χ4n) is 0. The van der Waals surface area contributed by atoms with E-state index in [0.717, 1.165) is 6.54 Å². The normalized spacial score (nSPS) is 3.60. The van der Waals surface area contributed by atoms with Crippen molar-refractivity contribution in [1.29, 1.82) is 0 Å². The van der Waals surface area contributed by atoms with E-state index < -0.39 is 0 Å². The van der Waals surface area contributed by atoms with Crippen LogP contribution in [-0.2, 0) is 0 Å². The van der Waals surface area contributed by atoms with Crippen molar-refractivity contribution in [1.82, 2.24) is 0 Å². The highest BCUT2D eigenvalue weighted by Gasteiger charge is 1.32. The summed E-state index contributed by atoms with van der Waals surface area (Å²) in [5, 5.41) is 0. The third-order valence-corrected chi connectivity index (χ3v) is 0. The SMILES string of the molecule is C.CCN.[B]. The first-order chi connectivity index (χ1) is 1.41. The minimum Gasteiger partial charge on any atom is -0.331 e. The molecule has 0 amide bonds. The van der Waals surface area contributed by atoms with E-state index in [4.69, 9.17) is 5.73 Å². The molecule has 0 aliphatic carbocycles. The van der Waals surface area contributed by atoms with Crippen molar-refractivity contribution in [3.8, 4) is 0 Å². The molecule has 5 heavy (non-hydrogen) atoms. The molecule has 3 radical (unpaired) electrons. The third-order valence-electron chi connectivity index (χ3n) is 0. The molecule has 0 bridgehead atoms. The average molecular weight is 71.9 g/mol. The fraction of sp³-hybridized carbons (Fsp3) is 1.00. The Kier molecular flexibility index (Phi) is 139. The molecule has 0 fully saturated rings. The second kappa shape index (κ2) is 35.1. The number of hydrogen-bond donors (Lipinski definition) is 1. The second-order valence-corrected chi connectivity index (χ2v) is 0.408. The molecular formula is C3H11BN. The van der Waals surface area contributed by atoms with Crippen LogP contribution in [0.5, 0.6) is 0 Å². The molecule has 0 aromatic carbocycles. The van der Waals surface area contributed by atoms with Crippen LogP contribution in [0.4, 0.5) is 0 Å². The highest BCUT2D eigenvalue weighted by molar-refractivity contribution is 5.75. The summed E-state index contributed by atoms with van der Waals surface area (Å²) in [5.41, 5.74) is 4.85. The Labute approximate surface area is 36.1 Å². The Morgan fingerprint density at radius 2 is 1.60 bits per heavy atom. The van der Waals surface area contributed by atoms with Gasteiger partial charge in [0, 0.05) is 8.41 Å². The van der Waals surface area contributed by atoms with Gasteiger partial charge in [0.15, 0.2) is 0 Å². The maximum Gasteiger partial charge on any atom is 0 e. The van der Waals surface area contributed by atoms with Crippen molar-refractivity contribution in [2.75, 3.05) is 6.54 Å². The lowest BCUT2D eigenvalue weighted by Crippen LogP contribution is -1.87. The first kappa shape index (κ1) is 19.9. The largest absolute Gasteiger partial charge is 0.331 e. The lowest BCUT2D eigenvalue weighted by molar-refractivity contribution is 1.14. The van der Waals surface area contributed by atoms with Gasteiger partial charge in [0.1, 0.15) is 0 Å². The van der Waals surface area contributed by atoms with E-state index >= 15 is 0 Å². The molecule has 0 aromatic heterocycles. The minimum atomic E-state index is 0. The highest BCUT2D eigenvalue weighted by atomic mass is 14.5. The van der Waals surface area contributed by atoms with Gasteiger partial charge in [-0.25, -0.2) is 0 Å². The van der Waals surface area contributed by atoms with Gasteiger partial charge in [0.05, 0.1) is 0 Å². The molecule has 0 saturated heterocycles. The molecule has 0 aliphatic rings. The van der Waals surface area contributed by atoms with Crippen LogP contribution < -0.4 is 5.73 Å². The Balaban J connectivity index is -0.0000000200. The van der Waals surface area contributed by atoms with Crippen LogP contribution in [0.25, 0.3) is 0 Å². The smallest absolute Gasteiger partial charge is 0 e. The van der Waals surface area contributed by atoms with Gasteiger partial charge in [-0.3, -0.25) is 0 Å². The van der Waals surface area contributed by atoms with E-state index in [1.807, 2.05) is 6.92 Å². The van der Waals surface area contributed by atoms with E-state index in [-0.39, 0.29) is 15.8 Å². The molecule has 31 valence electrons. The predicted octanol–water partition coefficient (Wildman–Crippen LogP) is 0.220. The quantitative estimate of drug-likeness (QED) is 0.407. The summed E-state index contributed by atoms with van der Waals surface area (Å²) < 4.78 is 0. The molecule has 2 N–H and O–H groups in total. The molecule has 0 unspecified atom stereocenters. The van der Waals surface area contributed by atoms with Crippen molar-refractivity contribution < 1.29 is 0 Å². The molecule has 0 aliphatic heterocycles. The molecular weight excluding hydrogens is 60.9 g/mol. The molecule has 1 nitrogen and oxygen atoms in total. The molecule has 0 spiro atoms. The first-order valence-corrected chi connectivity index (χ1v) is 1.12. The number of rotatable bonds is 0. The predicted molar refractivity (Wildman–Crippen MR) is 27.2 cm³/mol. The number of hydrogen-bond acceptors (Lipinski definition) is 1. The van der Waals surface area contributed by atoms with Crippen LogP contribution in [0.3, 0.4) is 0 Å². The van der Waals surface area contributed by atoms with Crippen molar-refractivity contribution in [2.45, 2.75) is 14.4 Å². The number of nitrogens with two attached hydrogens (primary N) is 1. The summed E-state index contributed by atoms with van der Waals surface area (Å²) in [5.74, 6) is 0. The van der Waals surface area contributed by atoms with Crippen molar-refractivity contribution in [3.05, 3.63) is 0 Å². The van der Waals surface area contributed by atoms with E-state index in [1.165, 1.54) is 0 Å². The van der Waals surface area contributed by atoms with E-state index in [2.05, 4.69) is 0 Å². The second-order valence-electron chi connectivity index (χ2n) is 0.408. The van der Waals surface area contributed by atoms with Gasteiger partial charge in [-0.2, -0.15) is 0 Å². The standard InChI is InChI=1S/C2H7N.CH4.B/c1-2-3;;/h2-3H2,1H3;1H4;. The summed E-state index contributed by atoms with van der Waals surface area (Å²) in [6.45, 7) is 2.65. The fourth-order valence-corrected chi connectivity index (χ4v) is 0. The van der Waals surface area contributed by atoms with Gasteiger partial charge in [0.25, 0.3) is 0 Å². The molecule has 2 heteroatoms. The molecule has 0 atom stereocenters. The van der Waals surface area contributed by atoms with E-state index in [9.17, 15) is 0 Å². The zero-order chi connectivity index (χ0) is 2.71. The Morgan fingerprint density at radius 3 is 1.60 bits per heavy atom. The monoisotopic (exact) mass is 72.1 g/mol. The van der Waals surface area contributed by atoms with Crippen LogP contribution in [-0.4, -0.2) is 15.0 Å². The van der Waals surface area contributed by atoms with Gasteiger partial charge in [-0.05, 0) is 6.54 Å². The van der Waals surface area contributed by atoms with Gasteiger partial charge in [-0.1, -0.05) is 14.4 Å². The summed E-state index contributed by atoms with van der Waals surface area (Å²) >= 11 is 0. The van der Waals surface area contributed by atoms with Crippen LogP contribution in [0.2, 0.25) is 0 Å². The summed E-state index contributed by atoms with van der Waals surface area (Å²) in [6.07, 6.45) is 0. The Hall–Kier alpha value is 0.0249. The topological polar surface area (TPSA) is 26.0 Å². The Morgan fingerprint density at radius 1 is 1.60 bits per heavy atom. The van der Waals surface area contributed by atoms with Gasteiger partial charge in [-0.15, -0.1) is 0 Å². The zero-order valence-electron chi connectivity index (χ0n) is 2.86. The minimum absolute atomic E-state index is 0. The van der Waals surface area contributed by atoms with Crippen molar-refractivity contribution in [2.24, 2.45) is 5.73 Å². The van der Waals surface area contributed by atoms with Gasteiger partial charge < -0.3 is 5.73 Å².